The molecular weight excluding hydrogens is 292 g/mol. The highest BCUT2D eigenvalue weighted by atomic mass is 16.6. The molecule has 1 N–H and O–H groups in total. The Labute approximate surface area is 130 Å². The van der Waals surface area contributed by atoms with Gasteiger partial charge in [0.05, 0.1) is 20.3 Å². The van der Waals surface area contributed by atoms with Gasteiger partial charge in [0.1, 0.15) is 5.60 Å². The van der Waals surface area contributed by atoms with E-state index in [9.17, 15) is 14.4 Å². The fraction of sp³-hybridized carbons (Fsp3) is 0.786. The molecule has 2 unspecified atom stereocenters. The van der Waals surface area contributed by atoms with E-state index < -0.39 is 35.8 Å². The number of esters is 1. The number of piperidine rings is 1. The van der Waals surface area contributed by atoms with Crippen LogP contribution in [0.1, 0.15) is 33.6 Å². The Bertz CT molecular complexity index is 432. The van der Waals surface area contributed by atoms with Crippen LogP contribution < -0.4 is 5.32 Å². The van der Waals surface area contributed by atoms with E-state index in [-0.39, 0.29) is 0 Å². The highest BCUT2D eigenvalue weighted by Gasteiger charge is 2.42. The van der Waals surface area contributed by atoms with Gasteiger partial charge in [-0.1, -0.05) is 0 Å². The fourth-order valence-electron chi connectivity index (χ4n) is 2.29. The number of alkyl carbamates (subject to hydrolysis) is 1. The van der Waals surface area contributed by atoms with Crippen molar-refractivity contribution in [3.8, 4) is 0 Å². The first-order valence-electron chi connectivity index (χ1n) is 7.11. The average molecular weight is 316 g/mol. The van der Waals surface area contributed by atoms with E-state index in [2.05, 4.69) is 10.1 Å². The van der Waals surface area contributed by atoms with Crippen LogP contribution in [-0.2, 0) is 19.0 Å². The lowest BCUT2D eigenvalue weighted by Crippen LogP contribution is -2.61. The van der Waals surface area contributed by atoms with Crippen LogP contribution in [0.3, 0.4) is 0 Å². The van der Waals surface area contributed by atoms with E-state index in [1.165, 1.54) is 19.1 Å². The molecule has 0 bridgehead atoms. The number of carbonyl (C=O) groups is 3. The van der Waals surface area contributed by atoms with Crippen molar-refractivity contribution in [2.24, 2.45) is 0 Å². The summed E-state index contributed by atoms with van der Waals surface area (Å²) in [5, 5.41) is 2.57. The molecule has 126 valence electrons. The lowest BCUT2D eigenvalue weighted by Gasteiger charge is -2.39. The van der Waals surface area contributed by atoms with Crippen LogP contribution in [-0.4, -0.2) is 61.5 Å². The van der Waals surface area contributed by atoms with E-state index >= 15 is 0 Å². The van der Waals surface area contributed by atoms with Crippen LogP contribution in [0.15, 0.2) is 0 Å². The molecule has 0 radical (unpaired) electrons. The van der Waals surface area contributed by atoms with Crippen LogP contribution >= 0.6 is 0 Å². The van der Waals surface area contributed by atoms with Crippen molar-refractivity contribution in [2.45, 2.75) is 51.3 Å². The van der Waals surface area contributed by atoms with Gasteiger partial charge in [-0.2, -0.15) is 0 Å². The summed E-state index contributed by atoms with van der Waals surface area (Å²) in [4.78, 5) is 37.1. The lowest BCUT2D eigenvalue weighted by molar-refractivity contribution is -0.149. The first-order valence-corrected chi connectivity index (χ1v) is 7.11. The molecule has 0 aromatic heterocycles. The molecule has 1 aliphatic rings. The molecule has 0 spiro atoms. The zero-order valence-electron chi connectivity index (χ0n) is 13.7. The summed E-state index contributed by atoms with van der Waals surface area (Å²) >= 11 is 0. The molecule has 1 aliphatic heterocycles. The Morgan fingerprint density at radius 3 is 2.27 bits per heavy atom. The van der Waals surface area contributed by atoms with E-state index in [0.717, 1.165) is 0 Å². The minimum atomic E-state index is -0.937. The number of amides is 2. The van der Waals surface area contributed by atoms with Gasteiger partial charge < -0.3 is 19.5 Å². The summed E-state index contributed by atoms with van der Waals surface area (Å²) in [6, 6.07) is -1.52. The van der Waals surface area contributed by atoms with Crippen molar-refractivity contribution in [2.75, 3.05) is 20.8 Å². The van der Waals surface area contributed by atoms with Gasteiger partial charge in [0.2, 0.25) is 0 Å². The maximum absolute atomic E-state index is 12.3. The minimum absolute atomic E-state index is 0.355. The Morgan fingerprint density at radius 2 is 1.77 bits per heavy atom. The van der Waals surface area contributed by atoms with E-state index in [1.54, 1.807) is 20.8 Å². The number of methoxy groups -OCH3 is 2. The summed E-state index contributed by atoms with van der Waals surface area (Å²) in [6.45, 7) is 5.58. The van der Waals surface area contributed by atoms with Crippen LogP contribution in [0, 0.1) is 0 Å². The standard InChI is InChI=1S/C14H24N2O6/c1-14(2,3)22-13(19)16-8-6-7-9(15-12(18)21-5)10(16)11(17)20-4/h9-10H,6-8H2,1-5H3,(H,15,18). The summed E-state index contributed by atoms with van der Waals surface area (Å²) in [5.41, 5.74) is -0.680. The minimum Gasteiger partial charge on any atom is -0.467 e. The van der Waals surface area contributed by atoms with Crippen LogP contribution in [0.4, 0.5) is 9.59 Å². The van der Waals surface area contributed by atoms with Crippen molar-refractivity contribution < 1.29 is 28.6 Å². The Morgan fingerprint density at radius 1 is 1.14 bits per heavy atom. The number of likely N-dealkylation sites (tertiary alicyclic amines) is 1. The predicted octanol–water partition coefficient (Wildman–Crippen LogP) is 1.28. The third-order valence-corrected chi connectivity index (χ3v) is 3.19. The SMILES string of the molecule is COC(=O)NC1CCCN(C(=O)OC(C)(C)C)C1C(=O)OC. The number of hydrogen-bond donors (Lipinski definition) is 1. The molecule has 0 aromatic carbocycles. The van der Waals surface area contributed by atoms with Gasteiger partial charge in [0.15, 0.2) is 6.04 Å². The van der Waals surface area contributed by atoms with Gasteiger partial charge in [-0.15, -0.1) is 0 Å². The van der Waals surface area contributed by atoms with Crippen LogP contribution in [0.5, 0.6) is 0 Å². The van der Waals surface area contributed by atoms with Crippen LogP contribution in [0.25, 0.3) is 0 Å². The molecule has 0 aliphatic carbocycles. The molecule has 0 aromatic rings. The quantitative estimate of drug-likeness (QED) is 0.609. The Hall–Kier alpha value is -1.99. The van der Waals surface area contributed by atoms with Gasteiger partial charge in [-0.3, -0.25) is 4.90 Å². The van der Waals surface area contributed by atoms with Crippen molar-refractivity contribution in [3.05, 3.63) is 0 Å². The first kappa shape index (κ1) is 18.1. The summed E-state index contributed by atoms with van der Waals surface area (Å²) in [7, 11) is 2.47. The van der Waals surface area contributed by atoms with Gasteiger partial charge in [-0.05, 0) is 33.6 Å². The van der Waals surface area contributed by atoms with Gasteiger partial charge in [0, 0.05) is 6.54 Å². The number of nitrogens with zero attached hydrogens (tertiary/aromatic N) is 1. The highest BCUT2D eigenvalue weighted by Crippen LogP contribution is 2.22. The summed E-state index contributed by atoms with van der Waals surface area (Å²) in [6.07, 6.45) is -0.112. The monoisotopic (exact) mass is 316 g/mol. The third kappa shape index (κ3) is 4.78. The molecule has 1 saturated heterocycles. The lowest BCUT2D eigenvalue weighted by atomic mass is 9.96. The number of hydrogen-bond acceptors (Lipinski definition) is 6. The molecule has 2 amide bonds. The number of rotatable bonds is 2. The van der Waals surface area contributed by atoms with Crippen molar-refractivity contribution in [3.63, 3.8) is 0 Å². The second kappa shape index (κ2) is 7.33. The number of carbonyl (C=O) groups excluding carboxylic acids is 3. The molecule has 2 atom stereocenters. The molecular formula is C14H24N2O6. The van der Waals surface area contributed by atoms with Crippen molar-refractivity contribution in [1.29, 1.82) is 0 Å². The molecule has 1 rings (SSSR count). The summed E-state index contributed by atoms with van der Waals surface area (Å²) < 4.78 is 14.6. The molecule has 1 fully saturated rings. The van der Waals surface area contributed by atoms with Gasteiger partial charge in [-0.25, -0.2) is 14.4 Å². The second-order valence-electron chi connectivity index (χ2n) is 6.03. The largest absolute Gasteiger partial charge is 0.467 e. The maximum Gasteiger partial charge on any atom is 0.411 e. The van der Waals surface area contributed by atoms with Crippen molar-refractivity contribution >= 4 is 18.2 Å². The molecule has 1 heterocycles. The Balaban J connectivity index is 2.95. The van der Waals surface area contributed by atoms with Crippen LogP contribution in [0.2, 0.25) is 0 Å². The van der Waals surface area contributed by atoms with Crippen molar-refractivity contribution in [1.82, 2.24) is 10.2 Å². The highest BCUT2D eigenvalue weighted by molar-refractivity contribution is 5.83. The molecule has 8 nitrogen and oxygen atoms in total. The maximum atomic E-state index is 12.3. The molecule has 0 saturated carbocycles. The normalized spacial score (nSPS) is 21.8. The fourth-order valence-corrected chi connectivity index (χ4v) is 2.29. The topological polar surface area (TPSA) is 94.2 Å². The van der Waals surface area contributed by atoms with E-state index in [0.29, 0.717) is 19.4 Å². The van der Waals surface area contributed by atoms with E-state index in [4.69, 9.17) is 9.47 Å². The van der Waals surface area contributed by atoms with E-state index in [1.807, 2.05) is 0 Å². The second-order valence-corrected chi connectivity index (χ2v) is 6.03. The zero-order chi connectivity index (χ0) is 16.9. The predicted molar refractivity (Wildman–Crippen MR) is 77.3 cm³/mol. The van der Waals surface area contributed by atoms with Gasteiger partial charge >= 0.3 is 18.2 Å². The third-order valence-electron chi connectivity index (χ3n) is 3.19. The molecule has 8 heteroatoms. The van der Waals surface area contributed by atoms with Gasteiger partial charge in [0.25, 0.3) is 0 Å². The zero-order valence-corrected chi connectivity index (χ0v) is 13.7. The first-order chi connectivity index (χ1) is 10.2. The summed E-state index contributed by atoms with van der Waals surface area (Å²) in [5.74, 6) is -0.605. The Kier molecular flexibility index (Phi) is 6.01. The average Bonchev–Trinajstić information content (AvgIpc) is 2.44. The smallest absolute Gasteiger partial charge is 0.411 e. The number of nitrogens with one attached hydrogen (secondary N) is 1. The number of ether oxygens (including phenoxy) is 3. The molecule has 22 heavy (non-hydrogen) atoms.